The summed E-state index contributed by atoms with van der Waals surface area (Å²) in [5, 5.41) is 13.7. The quantitative estimate of drug-likeness (QED) is 0.545. The third-order valence-corrected chi connectivity index (χ3v) is 8.72. The molecule has 4 rings (SSSR count). The summed E-state index contributed by atoms with van der Waals surface area (Å²) >= 11 is 1.52. The highest BCUT2D eigenvalue weighted by Crippen LogP contribution is 2.43. The van der Waals surface area contributed by atoms with Crippen LogP contribution in [-0.4, -0.2) is 60.2 Å². The van der Waals surface area contributed by atoms with E-state index in [0.29, 0.717) is 6.04 Å². The molecule has 5 heteroatoms. The second kappa shape index (κ2) is 11.6. The van der Waals surface area contributed by atoms with E-state index in [-0.39, 0.29) is 11.8 Å². The number of hydrogen-bond acceptors (Lipinski definition) is 3. The minimum Gasteiger partial charge on any atom is -0.374 e. The molecule has 1 atom stereocenters. The molecule has 1 aliphatic carbocycles. The zero-order chi connectivity index (χ0) is 23.9. The number of carbonyl (C=O) groups is 1. The number of likely N-dealkylation sites (N-methyl/N-ethyl adjacent to an activating group) is 1. The van der Waals surface area contributed by atoms with Crippen LogP contribution in [0.5, 0.6) is 0 Å². The molecule has 1 aliphatic heterocycles. The van der Waals surface area contributed by atoms with E-state index in [1.54, 1.807) is 0 Å². The van der Waals surface area contributed by atoms with E-state index < -0.39 is 5.60 Å². The molecule has 2 fully saturated rings. The van der Waals surface area contributed by atoms with Crippen molar-refractivity contribution in [3.05, 3.63) is 58.3 Å². The van der Waals surface area contributed by atoms with E-state index >= 15 is 0 Å². The van der Waals surface area contributed by atoms with Gasteiger partial charge >= 0.3 is 0 Å². The maximum absolute atomic E-state index is 13.7. The van der Waals surface area contributed by atoms with Gasteiger partial charge in [-0.25, -0.2) is 0 Å². The lowest BCUT2D eigenvalue weighted by atomic mass is 9.82. The lowest BCUT2D eigenvalue weighted by molar-refractivity contribution is -0.916. The molecule has 0 radical (unpaired) electrons. The van der Waals surface area contributed by atoms with Crippen LogP contribution in [0.25, 0.3) is 0 Å². The lowest BCUT2D eigenvalue weighted by Crippen LogP contribution is -2.58. The average molecular weight is 472 g/mol. The van der Waals surface area contributed by atoms with E-state index in [0.717, 1.165) is 73.9 Å². The van der Waals surface area contributed by atoms with Crippen molar-refractivity contribution in [3.63, 3.8) is 0 Å². The Kier molecular flexibility index (Phi) is 9.14. The predicted molar refractivity (Wildman–Crippen MR) is 138 cm³/mol. The third kappa shape index (κ3) is 5.87. The van der Waals surface area contributed by atoms with Gasteiger partial charge in [-0.2, -0.15) is 0 Å². The van der Waals surface area contributed by atoms with Gasteiger partial charge in [-0.05, 0) is 29.9 Å². The fraction of sp³-hybridized carbons (Fsp3) is 0.607. The molecule has 1 saturated heterocycles. The number of nitrogens with zero attached hydrogens (tertiary/aromatic N) is 2. The fourth-order valence-electron chi connectivity index (χ4n) is 5.57. The number of rotatable bonds is 7. The Balaban J connectivity index is 0.00000149. The summed E-state index contributed by atoms with van der Waals surface area (Å²) in [5.74, 6) is -0.00985. The van der Waals surface area contributed by atoms with Crippen LogP contribution in [0.3, 0.4) is 0 Å². The van der Waals surface area contributed by atoms with Gasteiger partial charge in [-0.3, -0.25) is 4.79 Å². The van der Waals surface area contributed by atoms with Gasteiger partial charge in [0.1, 0.15) is 0 Å². The summed E-state index contributed by atoms with van der Waals surface area (Å²) in [6, 6.07) is 15.1. The first kappa shape index (κ1) is 25.9. The summed E-state index contributed by atoms with van der Waals surface area (Å²) in [7, 11) is 4.65. The minimum absolute atomic E-state index is 0.0504. The summed E-state index contributed by atoms with van der Waals surface area (Å²) < 4.78 is 0.981. The maximum atomic E-state index is 13.7. The molecule has 1 unspecified atom stereocenters. The summed E-state index contributed by atoms with van der Waals surface area (Å²) in [4.78, 5) is 16.4. The fourth-order valence-corrected chi connectivity index (χ4v) is 6.47. The first-order valence-corrected chi connectivity index (χ1v) is 13.7. The van der Waals surface area contributed by atoms with Crippen LogP contribution in [0.1, 0.15) is 62.8 Å². The first-order valence-electron chi connectivity index (χ1n) is 12.8. The molecule has 2 heterocycles. The Morgan fingerprint density at radius 2 is 1.67 bits per heavy atom. The number of carbonyl (C=O) groups excluding carboxylic acids is 1. The molecule has 1 aromatic carbocycles. The molecule has 1 amide bonds. The molecule has 2 aromatic rings. The number of hydrogen-bond donors (Lipinski definition) is 1. The highest BCUT2D eigenvalue weighted by Gasteiger charge is 2.50. The normalized spacial score (nSPS) is 19.6. The number of benzene rings is 1. The Bertz CT molecular complexity index is 838. The number of likely N-dealkylation sites (tertiary alicyclic amines) is 1. The summed E-state index contributed by atoms with van der Waals surface area (Å²) in [6.45, 7) is 6.59. The number of thiophene rings is 1. The van der Waals surface area contributed by atoms with Crippen LogP contribution in [0, 0.1) is 5.92 Å². The van der Waals surface area contributed by atoms with Crippen molar-refractivity contribution in [2.75, 3.05) is 33.7 Å². The largest absolute Gasteiger partial charge is 0.374 e. The van der Waals surface area contributed by atoms with Crippen LogP contribution in [0.4, 0.5) is 0 Å². The molecular formula is C28H43N2O2S+. The zero-order valence-corrected chi connectivity index (χ0v) is 21.8. The first-order chi connectivity index (χ1) is 15.9. The van der Waals surface area contributed by atoms with Crippen LogP contribution in [0.2, 0.25) is 0 Å². The topological polar surface area (TPSA) is 40.5 Å². The number of piperidine rings is 1. The van der Waals surface area contributed by atoms with Crippen molar-refractivity contribution in [2.24, 2.45) is 5.92 Å². The van der Waals surface area contributed by atoms with E-state index in [4.69, 9.17) is 0 Å². The zero-order valence-electron chi connectivity index (χ0n) is 21.0. The molecule has 2 aliphatic rings. The van der Waals surface area contributed by atoms with Crippen molar-refractivity contribution in [3.8, 4) is 0 Å². The molecule has 4 nitrogen and oxygen atoms in total. The Morgan fingerprint density at radius 1 is 1.03 bits per heavy atom. The van der Waals surface area contributed by atoms with Crippen LogP contribution >= 0.6 is 11.3 Å². The van der Waals surface area contributed by atoms with Gasteiger partial charge in [0.15, 0.2) is 5.60 Å². The highest BCUT2D eigenvalue weighted by molar-refractivity contribution is 7.10. The minimum atomic E-state index is -1.34. The number of quaternary nitrogens is 1. The molecule has 182 valence electrons. The number of aliphatic hydroxyl groups is 1. The van der Waals surface area contributed by atoms with Crippen LogP contribution in [-0.2, 0) is 16.8 Å². The molecule has 0 bridgehead atoms. The Hall–Kier alpha value is -1.69. The van der Waals surface area contributed by atoms with Gasteiger partial charge in [0.2, 0.25) is 0 Å². The van der Waals surface area contributed by atoms with E-state index in [2.05, 4.69) is 44.4 Å². The maximum Gasteiger partial charge on any atom is 0.260 e. The predicted octanol–water partition coefficient (Wildman–Crippen LogP) is 5.46. The second-order valence-corrected chi connectivity index (χ2v) is 10.9. The molecule has 0 spiro atoms. The molecular weight excluding hydrogens is 428 g/mol. The number of amides is 1. The average Bonchev–Trinajstić information content (AvgIpc) is 3.59. The van der Waals surface area contributed by atoms with Gasteiger partial charge < -0.3 is 14.5 Å². The van der Waals surface area contributed by atoms with Crippen molar-refractivity contribution in [1.29, 1.82) is 0 Å². The smallest absolute Gasteiger partial charge is 0.260 e. The highest BCUT2D eigenvalue weighted by atomic mass is 32.1. The van der Waals surface area contributed by atoms with Crippen molar-refractivity contribution in [2.45, 2.75) is 70.4 Å². The van der Waals surface area contributed by atoms with E-state index in [1.165, 1.54) is 16.9 Å². The Morgan fingerprint density at radius 3 is 2.24 bits per heavy atom. The lowest BCUT2D eigenvalue weighted by Gasteiger charge is -2.45. The molecule has 33 heavy (non-hydrogen) atoms. The van der Waals surface area contributed by atoms with Crippen LogP contribution in [0.15, 0.2) is 47.8 Å². The Labute approximate surface area is 204 Å². The summed E-state index contributed by atoms with van der Waals surface area (Å²) in [5.41, 5.74) is 0.0498. The third-order valence-electron chi connectivity index (χ3n) is 7.73. The van der Waals surface area contributed by atoms with Gasteiger partial charge in [-0.15, -0.1) is 11.3 Å². The molecule has 1 saturated carbocycles. The van der Waals surface area contributed by atoms with Crippen molar-refractivity contribution >= 4 is 17.2 Å². The second-order valence-electron chi connectivity index (χ2n) is 9.99. The van der Waals surface area contributed by atoms with Crippen molar-refractivity contribution < 1.29 is 14.4 Å². The van der Waals surface area contributed by atoms with Crippen LogP contribution < -0.4 is 0 Å². The van der Waals surface area contributed by atoms with Gasteiger partial charge in [-0.1, -0.05) is 63.1 Å². The van der Waals surface area contributed by atoms with Gasteiger partial charge in [0.05, 0.1) is 26.7 Å². The SMILES string of the molecule is CC.C[N+](C)(CCc1ccccc1)C1CCN(C(=O)C(O)(c2cccs2)C2CCCC2)CC1. The monoisotopic (exact) mass is 471 g/mol. The van der Waals surface area contributed by atoms with Gasteiger partial charge in [0, 0.05) is 43.1 Å². The molecule has 1 N–H and O–H groups in total. The summed E-state index contributed by atoms with van der Waals surface area (Å²) in [6.07, 6.45) is 7.19. The standard InChI is InChI=1S/C26H37N2O2S.C2H6/c1-28(2,19-16-21-9-4-3-5-10-21)23-14-17-27(18-15-23)25(29)26(30,22-11-6-7-12-22)24-13-8-20-31-24;1-2/h3-5,8-10,13,20,22-23,30H,6-7,11-12,14-19H2,1-2H3;1-2H3/q+1;. The van der Waals surface area contributed by atoms with Crippen molar-refractivity contribution in [1.82, 2.24) is 4.90 Å². The molecule has 1 aromatic heterocycles. The van der Waals surface area contributed by atoms with E-state index in [1.807, 2.05) is 36.3 Å². The van der Waals surface area contributed by atoms with E-state index in [9.17, 15) is 9.90 Å². The van der Waals surface area contributed by atoms with Gasteiger partial charge in [0.25, 0.3) is 5.91 Å².